The Kier molecular flexibility index (Phi) is 3.64. The third kappa shape index (κ3) is 2.46. The molecule has 0 aromatic carbocycles. The Morgan fingerprint density at radius 2 is 2.31 bits per heavy atom. The fraction of sp³-hybridized carbons (Fsp3) is 0.769. The first-order valence-electron chi connectivity index (χ1n) is 6.43. The van der Waals surface area contributed by atoms with Crippen molar-refractivity contribution in [1.29, 1.82) is 0 Å². The number of nitrogens with zero attached hydrogens (tertiary/aromatic N) is 2. The molecule has 0 radical (unpaired) electrons. The SMILES string of the molecule is CC(C)CC(C)n1cncc1[C@@H]1CCCN1. The van der Waals surface area contributed by atoms with Gasteiger partial charge < -0.3 is 9.88 Å². The van der Waals surface area contributed by atoms with E-state index in [9.17, 15) is 0 Å². The van der Waals surface area contributed by atoms with E-state index in [1.165, 1.54) is 25.0 Å². The summed E-state index contributed by atoms with van der Waals surface area (Å²) in [6, 6.07) is 1.08. The molecule has 1 aromatic rings. The zero-order valence-corrected chi connectivity index (χ0v) is 10.6. The van der Waals surface area contributed by atoms with Gasteiger partial charge in [-0.25, -0.2) is 4.98 Å². The first-order valence-corrected chi connectivity index (χ1v) is 6.43. The van der Waals surface area contributed by atoms with E-state index >= 15 is 0 Å². The van der Waals surface area contributed by atoms with Crippen molar-refractivity contribution in [2.24, 2.45) is 5.92 Å². The third-order valence-electron chi connectivity index (χ3n) is 3.40. The zero-order valence-electron chi connectivity index (χ0n) is 10.6. The predicted molar refractivity (Wildman–Crippen MR) is 66.4 cm³/mol. The van der Waals surface area contributed by atoms with E-state index in [0.29, 0.717) is 12.1 Å². The fourth-order valence-corrected chi connectivity index (χ4v) is 2.69. The van der Waals surface area contributed by atoms with Gasteiger partial charge in [-0.05, 0) is 38.6 Å². The Balaban J connectivity index is 2.11. The van der Waals surface area contributed by atoms with Crippen LogP contribution in [-0.2, 0) is 0 Å². The quantitative estimate of drug-likeness (QED) is 0.847. The number of nitrogens with one attached hydrogen (secondary N) is 1. The van der Waals surface area contributed by atoms with Crippen LogP contribution in [0.2, 0.25) is 0 Å². The van der Waals surface area contributed by atoms with Gasteiger partial charge in [-0.1, -0.05) is 13.8 Å². The maximum atomic E-state index is 4.32. The van der Waals surface area contributed by atoms with Crippen LogP contribution in [-0.4, -0.2) is 16.1 Å². The summed E-state index contributed by atoms with van der Waals surface area (Å²) in [6.07, 6.45) is 7.77. The molecule has 2 heterocycles. The molecule has 1 N–H and O–H groups in total. The highest BCUT2D eigenvalue weighted by Crippen LogP contribution is 2.27. The summed E-state index contributed by atoms with van der Waals surface area (Å²) >= 11 is 0. The summed E-state index contributed by atoms with van der Waals surface area (Å²) in [7, 11) is 0. The normalized spacial score (nSPS) is 22.9. The molecule has 2 atom stereocenters. The lowest BCUT2D eigenvalue weighted by Crippen LogP contribution is -2.19. The van der Waals surface area contributed by atoms with E-state index in [1.807, 2.05) is 12.5 Å². The maximum absolute atomic E-state index is 4.32. The minimum absolute atomic E-state index is 0.525. The lowest BCUT2D eigenvalue weighted by Gasteiger charge is -2.21. The molecule has 0 spiro atoms. The van der Waals surface area contributed by atoms with E-state index in [-0.39, 0.29) is 0 Å². The molecule has 0 amide bonds. The Hall–Kier alpha value is -0.830. The van der Waals surface area contributed by atoms with Crippen LogP contribution < -0.4 is 5.32 Å². The van der Waals surface area contributed by atoms with E-state index in [1.54, 1.807) is 0 Å². The van der Waals surface area contributed by atoms with Crippen molar-refractivity contribution < 1.29 is 0 Å². The van der Waals surface area contributed by atoms with Crippen molar-refractivity contribution in [2.45, 2.75) is 52.1 Å². The van der Waals surface area contributed by atoms with Crippen molar-refractivity contribution in [2.75, 3.05) is 6.54 Å². The second-order valence-corrected chi connectivity index (χ2v) is 5.35. The summed E-state index contributed by atoms with van der Waals surface area (Å²) < 4.78 is 2.35. The maximum Gasteiger partial charge on any atom is 0.0951 e. The Morgan fingerprint density at radius 3 is 2.94 bits per heavy atom. The van der Waals surface area contributed by atoms with Crippen molar-refractivity contribution in [3.05, 3.63) is 18.2 Å². The second kappa shape index (κ2) is 5.00. The topological polar surface area (TPSA) is 29.9 Å². The Bertz CT molecular complexity index is 324. The van der Waals surface area contributed by atoms with Gasteiger partial charge in [0.2, 0.25) is 0 Å². The molecule has 1 aromatic heterocycles. The van der Waals surface area contributed by atoms with Gasteiger partial charge >= 0.3 is 0 Å². The van der Waals surface area contributed by atoms with Gasteiger partial charge in [0.15, 0.2) is 0 Å². The van der Waals surface area contributed by atoms with Gasteiger partial charge in [-0.2, -0.15) is 0 Å². The lowest BCUT2D eigenvalue weighted by atomic mass is 10.0. The van der Waals surface area contributed by atoms with Crippen LogP contribution in [0.5, 0.6) is 0 Å². The largest absolute Gasteiger partial charge is 0.330 e. The summed E-state index contributed by atoms with van der Waals surface area (Å²) in [6.45, 7) is 8.00. The highest BCUT2D eigenvalue weighted by Gasteiger charge is 2.21. The average Bonchev–Trinajstić information content (AvgIpc) is 2.87. The standard InChI is InChI=1S/C13H23N3/c1-10(2)7-11(3)16-9-14-8-13(16)12-5-4-6-15-12/h8-12,15H,4-7H2,1-3H3/t11?,12-/m0/s1. The average molecular weight is 221 g/mol. The molecule has 1 saturated heterocycles. The molecule has 3 heteroatoms. The molecule has 16 heavy (non-hydrogen) atoms. The summed E-state index contributed by atoms with van der Waals surface area (Å²) in [4.78, 5) is 4.32. The molecule has 3 nitrogen and oxygen atoms in total. The van der Waals surface area contributed by atoms with Gasteiger partial charge in [0, 0.05) is 18.3 Å². The first kappa shape index (κ1) is 11.6. The van der Waals surface area contributed by atoms with Crippen molar-refractivity contribution in [3.8, 4) is 0 Å². The molecule has 90 valence electrons. The molecule has 0 aliphatic carbocycles. The molecular weight excluding hydrogens is 198 g/mol. The monoisotopic (exact) mass is 221 g/mol. The molecule has 1 unspecified atom stereocenters. The lowest BCUT2D eigenvalue weighted by molar-refractivity contribution is 0.407. The van der Waals surface area contributed by atoms with E-state index < -0.39 is 0 Å². The number of aromatic nitrogens is 2. The number of rotatable bonds is 4. The van der Waals surface area contributed by atoms with Crippen LogP contribution in [0, 0.1) is 5.92 Å². The van der Waals surface area contributed by atoms with Crippen LogP contribution in [0.1, 0.15) is 57.8 Å². The highest BCUT2D eigenvalue weighted by molar-refractivity contribution is 5.08. The summed E-state index contributed by atoms with van der Waals surface area (Å²) in [5, 5.41) is 3.55. The van der Waals surface area contributed by atoms with E-state index in [0.717, 1.165) is 12.5 Å². The van der Waals surface area contributed by atoms with Crippen molar-refractivity contribution in [1.82, 2.24) is 14.9 Å². The first-order chi connectivity index (χ1) is 7.68. The van der Waals surface area contributed by atoms with Gasteiger partial charge in [-0.15, -0.1) is 0 Å². The number of imidazole rings is 1. The molecule has 1 aliphatic rings. The molecular formula is C13H23N3. The minimum atomic E-state index is 0.525. The Labute approximate surface area is 98.3 Å². The molecule has 1 fully saturated rings. The molecule has 0 bridgehead atoms. The van der Waals surface area contributed by atoms with Crippen LogP contribution in [0.15, 0.2) is 12.5 Å². The summed E-state index contributed by atoms with van der Waals surface area (Å²) in [5.74, 6) is 0.738. The van der Waals surface area contributed by atoms with Gasteiger partial charge in [0.1, 0.15) is 0 Å². The Morgan fingerprint density at radius 1 is 1.50 bits per heavy atom. The minimum Gasteiger partial charge on any atom is -0.330 e. The van der Waals surface area contributed by atoms with Gasteiger partial charge in [0.25, 0.3) is 0 Å². The highest BCUT2D eigenvalue weighted by atomic mass is 15.1. The summed E-state index contributed by atoms with van der Waals surface area (Å²) in [5.41, 5.74) is 1.37. The van der Waals surface area contributed by atoms with Crippen LogP contribution in [0.3, 0.4) is 0 Å². The number of hydrogen-bond acceptors (Lipinski definition) is 2. The smallest absolute Gasteiger partial charge is 0.0951 e. The number of hydrogen-bond donors (Lipinski definition) is 1. The van der Waals surface area contributed by atoms with Crippen LogP contribution in [0.4, 0.5) is 0 Å². The molecule has 2 rings (SSSR count). The van der Waals surface area contributed by atoms with Gasteiger partial charge in [-0.3, -0.25) is 0 Å². The predicted octanol–water partition coefficient (Wildman–Crippen LogP) is 2.91. The van der Waals surface area contributed by atoms with Crippen molar-refractivity contribution >= 4 is 0 Å². The van der Waals surface area contributed by atoms with Crippen LogP contribution >= 0.6 is 0 Å². The fourth-order valence-electron chi connectivity index (χ4n) is 2.69. The molecule has 0 saturated carbocycles. The second-order valence-electron chi connectivity index (χ2n) is 5.35. The third-order valence-corrected chi connectivity index (χ3v) is 3.40. The molecule has 1 aliphatic heterocycles. The van der Waals surface area contributed by atoms with Gasteiger partial charge in [0.05, 0.1) is 12.0 Å². The van der Waals surface area contributed by atoms with E-state index in [4.69, 9.17) is 0 Å². The van der Waals surface area contributed by atoms with Crippen LogP contribution in [0.25, 0.3) is 0 Å². The van der Waals surface area contributed by atoms with E-state index in [2.05, 4.69) is 35.6 Å². The van der Waals surface area contributed by atoms with Crippen molar-refractivity contribution in [3.63, 3.8) is 0 Å². The zero-order chi connectivity index (χ0) is 11.5.